The van der Waals surface area contributed by atoms with Gasteiger partial charge in [0.05, 0.1) is 5.02 Å². The zero-order valence-electron chi connectivity index (χ0n) is 11.8. The van der Waals surface area contributed by atoms with E-state index in [0.717, 1.165) is 12.8 Å². The topological polar surface area (TPSA) is 45.2 Å². The number of nitrogens with one attached hydrogen (secondary N) is 1. The molecule has 0 radical (unpaired) electrons. The van der Waals surface area contributed by atoms with E-state index in [1.165, 1.54) is 19.0 Å². The highest BCUT2D eigenvalue weighted by Crippen LogP contribution is 2.29. The molecule has 2 aliphatic heterocycles. The second-order valence-corrected chi connectivity index (χ2v) is 5.98. The normalized spacial score (nSPS) is 26.5. The zero-order chi connectivity index (χ0) is 13.4. The van der Waals surface area contributed by atoms with E-state index in [4.69, 9.17) is 11.6 Å². The molecule has 7 heteroatoms. The number of halogens is 3. The van der Waals surface area contributed by atoms with Crippen LogP contribution in [-0.4, -0.2) is 41.0 Å². The van der Waals surface area contributed by atoms with Gasteiger partial charge < -0.3 is 10.2 Å². The highest BCUT2D eigenvalue weighted by atomic mass is 35.5. The highest BCUT2D eigenvalue weighted by Gasteiger charge is 2.36. The Morgan fingerprint density at radius 3 is 2.43 bits per heavy atom. The molecular weight excluding hydrogens is 333 g/mol. The fraction of sp³-hybridized carbons (Fsp3) is 0.571. The third-order valence-electron chi connectivity index (χ3n) is 4.26. The minimum atomic E-state index is -0.0111. The summed E-state index contributed by atoms with van der Waals surface area (Å²) in [6.07, 6.45) is 6.10. The molecule has 2 atom stereocenters. The van der Waals surface area contributed by atoms with Crippen molar-refractivity contribution in [1.82, 2.24) is 15.2 Å². The maximum absolute atomic E-state index is 12.4. The third kappa shape index (κ3) is 4.01. The van der Waals surface area contributed by atoms with Crippen molar-refractivity contribution in [2.45, 2.75) is 43.8 Å². The number of amides is 1. The van der Waals surface area contributed by atoms with E-state index in [1.807, 2.05) is 11.9 Å². The summed E-state index contributed by atoms with van der Waals surface area (Å²) < 4.78 is 0. The number of hydrogen-bond acceptors (Lipinski definition) is 3. The van der Waals surface area contributed by atoms with Crippen LogP contribution in [0.4, 0.5) is 0 Å². The Morgan fingerprint density at radius 2 is 1.90 bits per heavy atom. The van der Waals surface area contributed by atoms with Gasteiger partial charge in [-0.05, 0) is 37.8 Å². The first-order chi connectivity index (χ1) is 9.13. The van der Waals surface area contributed by atoms with Crippen molar-refractivity contribution >= 4 is 42.3 Å². The number of carbonyl (C=O) groups is 1. The molecule has 0 saturated carbocycles. The number of rotatable bonds is 2. The van der Waals surface area contributed by atoms with Crippen LogP contribution in [0.2, 0.25) is 5.02 Å². The third-order valence-corrected chi connectivity index (χ3v) is 4.49. The Labute approximate surface area is 142 Å². The molecule has 118 valence electrons. The van der Waals surface area contributed by atoms with Crippen molar-refractivity contribution in [3.63, 3.8) is 0 Å². The lowest BCUT2D eigenvalue weighted by molar-refractivity contribution is 0.0676. The second kappa shape index (κ2) is 7.63. The Kier molecular flexibility index (Phi) is 6.72. The van der Waals surface area contributed by atoms with Gasteiger partial charge in [0.2, 0.25) is 0 Å². The number of fused-ring (bicyclic) bond motifs is 2. The van der Waals surface area contributed by atoms with Crippen LogP contribution in [0.15, 0.2) is 18.3 Å². The first-order valence-corrected chi connectivity index (χ1v) is 7.16. The number of pyridine rings is 1. The molecule has 1 N–H and O–H groups in total. The predicted molar refractivity (Wildman–Crippen MR) is 88.8 cm³/mol. The zero-order valence-corrected chi connectivity index (χ0v) is 14.2. The lowest BCUT2D eigenvalue weighted by atomic mass is 9.98. The van der Waals surface area contributed by atoms with E-state index in [0.29, 0.717) is 28.8 Å². The van der Waals surface area contributed by atoms with Gasteiger partial charge in [-0.1, -0.05) is 11.6 Å². The quantitative estimate of drug-likeness (QED) is 0.890. The first-order valence-electron chi connectivity index (χ1n) is 6.78. The molecule has 1 aromatic rings. The molecule has 1 amide bonds. The lowest BCUT2D eigenvalue weighted by Crippen LogP contribution is -2.48. The van der Waals surface area contributed by atoms with E-state index < -0.39 is 0 Å². The molecule has 1 aromatic heterocycles. The van der Waals surface area contributed by atoms with Gasteiger partial charge >= 0.3 is 0 Å². The van der Waals surface area contributed by atoms with Gasteiger partial charge in [0, 0.05) is 31.4 Å². The molecule has 0 aliphatic carbocycles. The summed E-state index contributed by atoms with van der Waals surface area (Å²) in [6.45, 7) is 0. The van der Waals surface area contributed by atoms with Crippen molar-refractivity contribution in [2.24, 2.45) is 0 Å². The lowest BCUT2D eigenvalue weighted by Gasteiger charge is -2.35. The number of piperidine rings is 1. The van der Waals surface area contributed by atoms with Gasteiger partial charge in [0.25, 0.3) is 5.91 Å². The highest BCUT2D eigenvalue weighted by molar-refractivity contribution is 6.30. The van der Waals surface area contributed by atoms with E-state index in [-0.39, 0.29) is 30.7 Å². The molecule has 3 rings (SSSR count). The summed E-state index contributed by atoms with van der Waals surface area (Å²) in [7, 11) is 1.88. The van der Waals surface area contributed by atoms with E-state index in [2.05, 4.69) is 10.3 Å². The monoisotopic (exact) mass is 351 g/mol. The number of carbonyl (C=O) groups excluding carboxylic acids is 1. The van der Waals surface area contributed by atoms with Gasteiger partial charge in [-0.25, -0.2) is 4.98 Å². The molecule has 21 heavy (non-hydrogen) atoms. The Bertz CT molecular complexity index is 471. The Morgan fingerprint density at radius 1 is 1.29 bits per heavy atom. The number of hydrogen-bond donors (Lipinski definition) is 1. The fourth-order valence-electron chi connectivity index (χ4n) is 3.19. The second-order valence-electron chi connectivity index (χ2n) is 5.54. The van der Waals surface area contributed by atoms with Crippen LogP contribution in [0.1, 0.15) is 36.2 Å². The molecular formula is C14H20Cl3N3O. The molecule has 2 fully saturated rings. The van der Waals surface area contributed by atoms with Crippen molar-refractivity contribution in [2.75, 3.05) is 7.05 Å². The first kappa shape index (κ1) is 18.5. The van der Waals surface area contributed by atoms with Crippen molar-refractivity contribution in [1.29, 1.82) is 0 Å². The Hall–Kier alpha value is -0.550. The van der Waals surface area contributed by atoms with Crippen molar-refractivity contribution in [3.05, 3.63) is 29.0 Å². The Balaban J connectivity index is 0.00000110. The molecule has 0 spiro atoms. The fourth-order valence-corrected chi connectivity index (χ4v) is 3.30. The van der Waals surface area contributed by atoms with E-state index in [1.54, 1.807) is 12.1 Å². The van der Waals surface area contributed by atoms with Gasteiger partial charge in [0.15, 0.2) is 0 Å². The minimum Gasteiger partial charge on any atom is -0.337 e. The minimum absolute atomic E-state index is 0. The summed E-state index contributed by atoms with van der Waals surface area (Å²) in [4.78, 5) is 18.3. The van der Waals surface area contributed by atoms with Crippen LogP contribution >= 0.6 is 36.4 Å². The standard InChI is InChI=1S/C14H18ClN3O.2ClH/c1-18(12-6-10-3-4-11(7-12)17-10)14(19)13-5-2-9(15)8-16-13;;/h2,5,8,10-12,17H,3-4,6-7H2,1H3;2*1H. The summed E-state index contributed by atoms with van der Waals surface area (Å²) >= 11 is 5.80. The predicted octanol–water partition coefficient (Wildman–Crippen LogP) is 2.93. The molecule has 3 heterocycles. The van der Waals surface area contributed by atoms with Crippen LogP contribution in [0.3, 0.4) is 0 Å². The average molecular weight is 353 g/mol. The molecule has 2 saturated heterocycles. The van der Waals surface area contributed by atoms with E-state index in [9.17, 15) is 4.79 Å². The summed E-state index contributed by atoms with van der Waals surface area (Å²) in [5.41, 5.74) is 0.470. The van der Waals surface area contributed by atoms with Crippen molar-refractivity contribution < 1.29 is 4.79 Å². The van der Waals surface area contributed by atoms with Crippen LogP contribution in [-0.2, 0) is 0 Å². The molecule has 0 aromatic carbocycles. The smallest absolute Gasteiger partial charge is 0.272 e. The number of nitrogens with zero attached hydrogens (tertiary/aromatic N) is 2. The van der Waals surface area contributed by atoms with Crippen LogP contribution in [0.25, 0.3) is 0 Å². The molecule has 2 bridgehead atoms. The van der Waals surface area contributed by atoms with Crippen molar-refractivity contribution in [3.8, 4) is 0 Å². The largest absolute Gasteiger partial charge is 0.337 e. The average Bonchev–Trinajstić information content (AvgIpc) is 2.76. The maximum atomic E-state index is 12.4. The van der Waals surface area contributed by atoms with E-state index >= 15 is 0 Å². The summed E-state index contributed by atoms with van der Waals surface area (Å²) in [5.74, 6) is -0.0111. The maximum Gasteiger partial charge on any atom is 0.272 e. The molecule has 2 unspecified atom stereocenters. The van der Waals surface area contributed by atoms with Gasteiger partial charge in [0.1, 0.15) is 5.69 Å². The summed E-state index contributed by atoms with van der Waals surface area (Å²) in [5, 5.41) is 4.15. The molecule has 4 nitrogen and oxygen atoms in total. The van der Waals surface area contributed by atoms with Crippen LogP contribution in [0.5, 0.6) is 0 Å². The van der Waals surface area contributed by atoms with Crippen LogP contribution < -0.4 is 5.32 Å². The number of aromatic nitrogens is 1. The SMILES string of the molecule is CN(C(=O)c1ccc(Cl)cn1)C1CC2CCC(C1)N2.Cl.Cl. The van der Waals surface area contributed by atoms with Gasteiger partial charge in [-0.15, -0.1) is 24.8 Å². The van der Waals surface area contributed by atoms with Crippen LogP contribution in [0, 0.1) is 0 Å². The molecule has 2 aliphatic rings. The van der Waals surface area contributed by atoms with Gasteiger partial charge in [-0.3, -0.25) is 4.79 Å². The van der Waals surface area contributed by atoms with Gasteiger partial charge in [-0.2, -0.15) is 0 Å². The summed E-state index contributed by atoms with van der Waals surface area (Å²) in [6, 6.07) is 4.89.